The normalized spacial score (nSPS) is 14.3. The molecule has 0 fully saturated rings. The van der Waals surface area contributed by atoms with Crippen LogP contribution in [0.25, 0.3) is 0 Å². The molecule has 0 bridgehead atoms. The highest BCUT2D eigenvalue weighted by atomic mass is 16.7. The second-order valence-electron chi connectivity index (χ2n) is 4.23. The molecule has 98 valence electrons. The molecule has 0 aromatic heterocycles. The van der Waals surface area contributed by atoms with Crippen molar-refractivity contribution in [2.24, 2.45) is 0 Å². The molecule has 0 radical (unpaired) electrons. The van der Waals surface area contributed by atoms with Gasteiger partial charge in [0.2, 0.25) is 6.79 Å². The first-order valence-electron chi connectivity index (χ1n) is 6.33. The van der Waals surface area contributed by atoms with Gasteiger partial charge >= 0.3 is 5.97 Å². The number of hydrogen-bond acceptors (Lipinski definition) is 4. The molecular formula is C14H18O4. The van der Waals surface area contributed by atoms with Gasteiger partial charge in [-0.05, 0) is 24.1 Å². The highest BCUT2D eigenvalue weighted by Gasteiger charge is 2.19. The Balaban J connectivity index is 2.17. The minimum absolute atomic E-state index is 0.175. The maximum atomic E-state index is 11.4. The van der Waals surface area contributed by atoms with Crippen LogP contribution in [0.5, 0.6) is 11.5 Å². The fourth-order valence-corrected chi connectivity index (χ4v) is 1.91. The van der Waals surface area contributed by atoms with Gasteiger partial charge in [-0.15, -0.1) is 0 Å². The first kappa shape index (κ1) is 12.7. The second-order valence-corrected chi connectivity index (χ2v) is 4.23. The average Bonchev–Trinajstić information content (AvgIpc) is 2.85. The lowest BCUT2D eigenvalue weighted by atomic mass is 10.0. The van der Waals surface area contributed by atoms with Gasteiger partial charge in [0.15, 0.2) is 11.5 Å². The van der Waals surface area contributed by atoms with Crippen LogP contribution in [0, 0.1) is 0 Å². The zero-order chi connectivity index (χ0) is 13.0. The molecule has 0 N–H and O–H groups in total. The predicted octanol–water partition coefficient (Wildman–Crippen LogP) is 3.21. The highest BCUT2D eigenvalue weighted by Crippen LogP contribution is 2.36. The monoisotopic (exact) mass is 250 g/mol. The number of rotatable bonds is 5. The fraction of sp³-hybridized carbons (Fsp3) is 0.500. The average molecular weight is 250 g/mol. The molecule has 0 spiro atoms. The molecule has 4 nitrogen and oxygen atoms in total. The minimum atomic E-state index is -0.197. The summed E-state index contributed by atoms with van der Waals surface area (Å²) in [6, 6.07) is 5.68. The number of carbonyl (C=O) groups is 1. The molecular weight excluding hydrogens is 232 g/mol. The van der Waals surface area contributed by atoms with Crippen LogP contribution in [-0.2, 0) is 9.53 Å². The number of fused-ring (bicyclic) bond motifs is 1. The Morgan fingerprint density at radius 3 is 2.83 bits per heavy atom. The molecule has 0 amide bonds. The largest absolute Gasteiger partial charge is 0.457 e. The molecule has 1 aromatic carbocycles. The van der Waals surface area contributed by atoms with Crippen LogP contribution in [0.1, 0.15) is 44.8 Å². The molecule has 1 heterocycles. The Kier molecular flexibility index (Phi) is 4.07. The van der Waals surface area contributed by atoms with E-state index < -0.39 is 0 Å². The van der Waals surface area contributed by atoms with E-state index in [1.165, 1.54) is 0 Å². The van der Waals surface area contributed by atoms with Crippen LogP contribution in [0.4, 0.5) is 0 Å². The third-order valence-corrected chi connectivity index (χ3v) is 2.88. The van der Waals surface area contributed by atoms with E-state index in [4.69, 9.17) is 14.2 Å². The number of esters is 1. The van der Waals surface area contributed by atoms with E-state index in [0.29, 0.717) is 6.42 Å². The summed E-state index contributed by atoms with van der Waals surface area (Å²) in [5.41, 5.74) is 0.961. The van der Waals surface area contributed by atoms with E-state index in [2.05, 4.69) is 6.92 Å². The Labute approximate surface area is 107 Å². The van der Waals surface area contributed by atoms with E-state index in [-0.39, 0.29) is 18.9 Å². The zero-order valence-electron chi connectivity index (χ0n) is 10.8. The molecule has 0 saturated heterocycles. The summed E-state index contributed by atoms with van der Waals surface area (Å²) < 4.78 is 16.1. The topological polar surface area (TPSA) is 44.8 Å². The number of benzene rings is 1. The summed E-state index contributed by atoms with van der Waals surface area (Å²) in [5, 5.41) is 0. The van der Waals surface area contributed by atoms with Crippen LogP contribution in [0.2, 0.25) is 0 Å². The minimum Gasteiger partial charge on any atom is -0.457 e. The van der Waals surface area contributed by atoms with E-state index in [0.717, 1.165) is 29.9 Å². The van der Waals surface area contributed by atoms with Gasteiger partial charge < -0.3 is 14.2 Å². The van der Waals surface area contributed by atoms with Crippen molar-refractivity contribution < 1.29 is 19.0 Å². The van der Waals surface area contributed by atoms with Crippen molar-refractivity contribution in [2.45, 2.75) is 39.2 Å². The van der Waals surface area contributed by atoms with E-state index in [1.54, 1.807) is 6.92 Å². The second kappa shape index (κ2) is 5.76. The van der Waals surface area contributed by atoms with Crippen molar-refractivity contribution in [1.82, 2.24) is 0 Å². The maximum Gasteiger partial charge on any atom is 0.306 e. The number of ether oxygens (including phenoxy) is 3. The van der Waals surface area contributed by atoms with Crippen molar-refractivity contribution in [3.63, 3.8) is 0 Å². The maximum absolute atomic E-state index is 11.4. The molecule has 0 aliphatic carbocycles. The molecule has 18 heavy (non-hydrogen) atoms. The van der Waals surface area contributed by atoms with Gasteiger partial charge in [0.1, 0.15) is 6.10 Å². The first-order valence-corrected chi connectivity index (χ1v) is 6.33. The smallest absolute Gasteiger partial charge is 0.306 e. The molecule has 2 rings (SSSR count). The summed E-state index contributed by atoms with van der Waals surface area (Å²) in [5.74, 6) is 1.29. The quantitative estimate of drug-likeness (QED) is 0.753. The van der Waals surface area contributed by atoms with Crippen molar-refractivity contribution >= 4 is 5.97 Å². The SMILES string of the molecule is CCC[C@H](OC(=O)CC)c1ccc2c(c1)OCO2. The van der Waals surface area contributed by atoms with Crippen LogP contribution in [0.15, 0.2) is 18.2 Å². The van der Waals surface area contributed by atoms with Crippen LogP contribution in [0.3, 0.4) is 0 Å². The van der Waals surface area contributed by atoms with Gasteiger partial charge in [-0.1, -0.05) is 26.3 Å². The lowest BCUT2D eigenvalue weighted by Crippen LogP contribution is -2.10. The van der Waals surface area contributed by atoms with Crippen molar-refractivity contribution in [2.75, 3.05) is 6.79 Å². The lowest BCUT2D eigenvalue weighted by molar-refractivity contribution is -0.149. The van der Waals surface area contributed by atoms with Crippen LogP contribution < -0.4 is 9.47 Å². The van der Waals surface area contributed by atoms with Crippen LogP contribution in [-0.4, -0.2) is 12.8 Å². The van der Waals surface area contributed by atoms with Crippen molar-refractivity contribution in [3.05, 3.63) is 23.8 Å². The molecule has 4 heteroatoms. The van der Waals surface area contributed by atoms with Crippen molar-refractivity contribution in [1.29, 1.82) is 0 Å². The Morgan fingerprint density at radius 1 is 1.33 bits per heavy atom. The van der Waals surface area contributed by atoms with Gasteiger partial charge in [0.05, 0.1) is 0 Å². The summed E-state index contributed by atoms with van der Waals surface area (Å²) in [6.07, 6.45) is 1.96. The summed E-state index contributed by atoms with van der Waals surface area (Å²) in [4.78, 5) is 11.4. The zero-order valence-corrected chi connectivity index (χ0v) is 10.8. The van der Waals surface area contributed by atoms with Gasteiger partial charge in [0.25, 0.3) is 0 Å². The Hall–Kier alpha value is -1.71. The third kappa shape index (κ3) is 2.75. The number of hydrogen-bond donors (Lipinski definition) is 0. The molecule has 1 aliphatic heterocycles. The molecule has 0 saturated carbocycles. The molecule has 1 aromatic rings. The lowest BCUT2D eigenvalue weighted by Gasteiger charge is -2.17. The standard InChI is InChI=1S/C14H18O4/c1-3-5-11(18-14(15)4-2)10-6-7-12-13(8-10)17-9-16-12/h6-8,11H,3-5,9H2,1-2H3/t11-/m0/s1. The van der Waals surface area contributed by atoms with Gasteiger partial charge in [-0.25, -0.2) is 0 Å². The highest BCUT2D eigenvalue weighted by molar-refractivity contribution is 5.69. The molecule has 1 atom stereocenters. The Bertz CT molecular complexity index is 428. The summed E-state index contributed by atoms with van der Waals surface area (Å²) in [6.45, 7) is 4.12. The van der Waals surface area contributed by atoms with Gasteiger partial charge in [-0.3, -0.25) is 4.79 Å². The van der Waals surface area contributed by atoms with Crippen LogP contribution >= 0.6 is 0 Å². The fourth-order valence-electron chi connectivity index (χ4n) is 1.91. The third-order valence-electron chi connectivity index (χ3n) is 2.88. The predicted molar refractivity (Wildman–Crippen MR) is 66.6 cm³/mol. The van der Waals surface area contributed by atoms with E-state index in [1.807, 2.05) is 18.2 Å². The first-order chi connectivity index (χ1) is 8.74. The number of carbonyl (C=O) groups excluding carboxylic acids is 1. The van der Waals surface area contributed by atoms with Gasteiger partial charge in [-0.2, -0.15) is 0 Å². The van der Waals surface area contributed by atoms with E-state index in [9.17, 15) is 4.79 Å². The summed E-state index contributed by atoms with van der Waals surface area (Å²) >= 11 is 0. The van der Waals surface area contributed by atoms with Gasteiger partial charge in [0, 0.05) is 6.42 Å². The summed E-state index contributed by atoms with van der Waals surface area (Å²) in [7, 11) is 0. The Morgan fingerprint density at radius 2 is 2.11 bits per heavy atom. The molecule has 1 aliphatic rings. The molecule has 0 unspecified atom stereocenters. The van der Waals surface area contributed by atoms with Crippen molar-refractivity contribution in [3.8, 4) is 11.5 Å². The van der Waals surface area contributed by atoms with E-state index >= 15 is 0 Å².